The highest BCUT2D eigenvalue weighted by atomic mass is 16.4. The summed E-state index contributed by atoms with van der Waals surface area (Å²) in [5, 5.41) is 19.8. The smallest absolute Gasteiger partial charge is 0.326 e. The molecule has 28 heavy (non-hydrogen) atoms. The highest BCUT2D eigenvalue weighted by molar-refractivity contribution is 5.86. The van der Waals surface area contributed by atoms with Gasteiger partial charge in [0.15, 0.2) is 0 Å². The van der Waals surface area contributed by atoms with Crippen molar-refractivity contribution in [2.75, 3.05) is 0 Å². The number of carboxylic acid groups (broad SMARTS) is 2. The average molecular weight is 398 g/mol. The first-order chi connectivity index (χ1) is 13.5. The Bertz CT molecular complexity index is 462. The summed E-state index contributed by atoms with van der Waals surface area (Å²) < 4.78 is 0. The minimum atomic E-state index is -1.35. The van der Waals surface area contributed by atoms with Crippen LogP contribution in [0.3, 0.4) is 0 Å². The molecule has 0 aromatic carbocycles. The van der Waals surface area contributed by atoms with Gasteiger partial charge in [0, 0.05) is 6.42 Å². The van der Waals surface area contributed by atoms with Crippen molar-refractivity contribution < 1.29 is 24.6 Å². The Balaban J connectivity index is 3.51. The molecule has 0 saturated heterocycles. The summed E-state index contributed by atoms with van der Waals surface area (Å²) >= 11 is 0. The largest absolute Gasteiger partial charge is 0.481 e. The average Bonchev–Trinajstić information content (AvgIpc) is 2.64. The molecule has 0 aliphatic rings. The number of carbonyl (C=O) groups is 3. The fraction of sp³-hybridized carbons (Fsp3) is 0.773. The number of hydrogen-bond donors (Lipinski definition) is 3. The molecule has 6 heteroatoms. The van der Waals surface area contributed by atoms with Gasteiger partial charge in [-0.1, -0.05) is 70.4 Å². The maximum absolute atomic E-state index is 11.7. The van der Waals surface area contributed by atoms with Crippen molar-refractivity contribution >= 4 is 17.8 Å². The third-order valence-electron chi connectivity index (χ3n) is 4.68. The van der Waals surface area contributed by atoms with E-state index in [2.05, 4.69) is 24.4 Å². The lowest BCUT2D eigenvalue weighted by atomic mass is 10.1. The molecule has 6 nitrogen and oxygen atoms in total. The minimum absolute atomic E-state index is 0.238. The molecule has 0 bridgehead atoms. The van der Waals surface area contributed by atoms with Gasteiger partial charge in [-0.3, -0.25) is 9.59 Å². The third kappa shape index (κ3) is 17.6. The van der Waals surface area contributed by atoms with Crippen molar-refractivity contribution in [2.45, 2.75) is 109 Å². The Morgan fingerprint density at radius 2 is 1.29 bits per heavy atom. The topological polar surface area (TPSA) is 104 Å². The van der Waals surface area contributed by atoms with Gasteiger partial charge in [-0.2, -0.15) is 0 Å². The molecule has 0 aromatic rings. The molecule has 162 valence electrons. The lowest BCUT2D eigenvalue weighted by Crippen LogP contribution is -2.42. The Morgan fingerprint density at radius 1 is 0.786 bits per heavy atom. The molecule has 3 N–H and O–H groups in total. The molecule has 0 aliphatic heterocycles. The van der Waals surface area contributed by atoms with Crippen LogP contribution >= 0.6 is 0 Å². The van der Waals surface area contributed by atoms with Crippen LogP contribution in [0, 0.1) is 0 Å². The van der Waals surface area contributed by atoms with E-state index >= 15 is 0 Å². The molecule has 0 rings (SSSR count). The summed E-state index contributed by atoms with van der Waals surface area (Å²) in [6.45, 7) is 2.24. The SMILES string of the molecule is CCCCCCCC/C=C\CCCCCCCC(=O)N[C@H](CC(=O)O)C(=O)O. The number of nitrogens with one attached hydrogen (secondary N) is 1. The Kier molecular flexibility index (Phi) is 17.3. The highest BCUT2D eigenvalue weighted by Gasteiger charge is 2.22. The maximum Gasteiger partial charge on any atom is 0.326 e. The molecule has 0 heterocycles. The minimum Gasteiger partial charge on any atom is -0.481 e. The summed E-state index contributed by atoms with van der Waals surface area (Å²) in [4.78, 5) is 33.2. The van der Waals surface area contributed by atoms with E-state index in [0.29, 0.717) is 6.42 Å². The van der Waals surface area contributed by atoms with E-state index in [-0.39, 0.29) is 6.42 Å². The number of hydrogen-bond acceptors (Lipinski definition) is 3. The highest BCUT2D eigenvalue weighted by Crippen LogP contribution is 2.10. The second kappa shape index (κ2) is 18.5. The first-order valence-corrected chi connectivity index (χ1v) is 10.9. The molecule has 1 atom stereocenters. The molecular weight excluding hydrogens is 358 g/mol. The molecule has 0 aliphatic carbocycles. The second-order valence-electron chi connectivity index (χ2n) is 7.39. The number of unbranched alkanes of at least 4 members (excludes halogenated alkanes) is 11. The van der Waals surface area contributed by atoms with Crippen molar-refractivity contribution in [1.29, 1.82) is 0 Å². The van der Waals surface area contributed by atoms with Crippen LogP contribution in [0.5, 0.6) is 0 Å². The number of amides is 1. The van der Waals surface area contributed by atoms with E-state index in [1.54, 1.807) is 0 Å². The van der Waals surface area contributed by atoms with Gasteiger partial charge in [0.05, 0.1) is 6.42 Å². The number of carboxylic acids is 2. The predicted molar refractivity (Wildman–Crippen MR) is 111 cm³/mol. The van der Waals surface area contributed by atoms with Crippen molar-refractivity contribution in [1.82, 2.24) is 5.32 Å². The summed E-state index contributed by atoms with van der Waals surface area (Å²) in [6.07, 6.45) is 19.4. The van der Waals surface area contributed by atoms with Gasteiger partial charge in [0.2, 0.25) is 5.91 Å². The fourth-order valence-corrected chi connectivity index (χ4v) is 3.00. The van der Waals surface area contributed by atoms with Gasteiger partial charge >= 0.3 is 11.9 Å². The van der Waals surface area contributed by atoms with E-state index in [0.717, 1.165) is 32.1 Å². The van der Waals surface area contributed by atoms with Crippen molar-refractivity contribution in [3.8, 4) is 0 Å². The van der Waals surface area contributed by atoms with E-state index < -0.39 is 30.3 Å². The predicted octanol–water partition coefficient (Wildman–Crippen LogP) is 5.07. The van der Waals surface area contributed by atoms with Gasteiger partial charge < -0.3 is 15.5 Å². The van der Waals surface area contributed by atoms with Crippen LogP contribution in [0.25, 0.3) is 0 Å². The van der Waals surface area contributed by atoms with E-state index in [9.17, 15) is 14.4 Å². The molecule has 0 fully saturated rings. The molecule has 0 radical (unpaired) electrons. The standard InChI is InChI=1S/C22H39NO5/c1-2-3-4-5-6-7-8-9-10-11-12-13-14-15-16-17-20(24)23-19(22(27)28)18-21(25)26/h9-10,19H,2-8,11-18H2,1H3,(H,23,24)(H,25,26)(H,27,28)/b10-9-/t19-/m1/s1. The second-order valence-corrected chi connectivity index (χ2v) is 7.39. The molecule has 0 unspecified atom stereocenters. The van der Waals surface area contributed by atoms with Crippen LogP contribution in [0.2, 0.25) is 0 Å². The van der Waals surface area contributed by atoms with E-state index in [4.69, 9.17) is 10.2 Å². The van der Waals surface area contributed by atoms with Gasteiger partial charge in [0.1, 0.15) is 6.04 Å². The number of aliphatic carboxylic acids is 2. The normalized spacial score (nSPS) is 12.2. The lowest BCUT2D eigenvalue weighted by Gasteiger charge is -2.12. The zero-order valence-electron chi connectivity index (χ0n) is 17.5. The van der Waals surface area contributed by atoms with Crippen LogP contribution in [0.1, 0.15) is 103 Å². The molecule has 0 saturated carbocycles. The van der Waals surface area contributed by atoms with E-state index in [1.165, 1.54) is 44.9 Å². The Labute approximate surface area is 169 Å². The zero-order chi connectivity index (χ0) is 21.0. The van der Waals surface area contributed by atoms with Gasteiger partial charge in [-0.25, -0.2) is 4.79 Å². The van der Waals surface area contributed by atoms with Crippen molar-refractivity contribution in [2.24, 2.45) is 0 Å². The van der Waals surface area contributed by atoms with Crippen LogP contribution in [0.15, 0.2) is 12.2 Å². The molecular formula is C22H39NO5. The quantitative estimate of drug-likeness (QED) is 0.209. The van der Waals surface area contributed by atoms with Gasteiger partial charge in [0.25, 0.3) is 0 Å². The van der Waals surface area contributed by atoms with E-state index in [1.807, 2.05) is 0 Å². The van der Waals surface area contributed by atoms with Crippen LogP contribution in [-0.4, -0.2) is 34.1 Å². The summed E-state index contributed by atoms with van der Waals surface area (Å²) in [5.41, 5.74) is 0. The fourth-order valence-electron chi connectivity index (χ4n) is 3.00. The monoisotopic (exact) mass is 397 g/mol. The molecule has 1 amide bonds. The van der Waals surface area contributed by atoms with Crippen molar-refractivity contribution in [3.05, 3.63) is 12.2 Å². The zero-order valence-corrected chi connectivity index (χ0v) is 17.5. The van der Waals surface area contributed by atoms with Crippen LogP contribution in [0.4, 0.5) is 0 Å². The van der Waals surface area contributed by atoms with Crippen LogP contribution in [-0.2, 0) is 14.4 Å². The summed E-state index contributed by atoms with van der Waals surface area (Å²) in [6, 6.07) is -1.35. The maximum atomic E-state index is 11.7. The first-order valence-electron chi connectivity index (χ1n) is 10.9. The lowest BCUT2D eigenvalue weighted by molar-refractivity contribution is -0.147. The van der Waals surface area contributed by atoms with Crippen molar-refractivity contribution in [3.63, 3.8) is 0 Å². The van der Waals surface area contributed by atoms with Gasteiger partial charge in [-0.15, -0.1) is 0 Å². The number of allylic oxidation sites excluding steroid dienone is 2. The summed E-state index contributed by atoms with van der Waals surface area (Å²) in [5.74, 6) is -2.96. The summed E-state index contributed by atoms with van der Waals surface area (Å²) in [7, 11) is 0. The Hall–Kier alpha value is -1.85. The van der Waals surface area contributed by atoms with Crippen LogP contribution < -0.4 is 5.32 Å². The third-order valence-corrected chi connectivity index (χ3v) is 4.68. The Morgan fingerprint density at radius 3 is 1.79 bits per heavy atom. The first kappa shape index (κ1) is 26.1. The number of carbonyl (C=O) groups excluding carboxylic acids is 1. The number of rotatable bonds is 19. The van der Waals surface area contributed by atoms with Gasteiger partial charge in [-0.05, 0) is 32.1 Å². The molecule has 0 spiro atoms. The molecule has 0 aromatic heterocycles.